The summed E-state index contributed by atoms with van der Waals surface area (Å²) < 4.78 is 0. The Morgan fingerprint density at radius 3 is 2.27 bits per heavy atom. The van der Waals surface area contributed by atoms with Crippen molar-refractivity contribution in [3.63, 3.8) is 0 Å². The fourth-order valence-electron chi connectivity index (χ4n) is 6.39. The van der Waals surface area contributed by atoms with Gasteiger partial charge in [0.25, 0.3) is 0 Å². The average Bonchev–Trinajstić information content (AvgIpc) is 3.10. The summed E-state index contributed by atoms with van der Waals surface area (Å²) in [5.41, 5.74) is 0.901. The van der Waals surface area contributed by atoms with Gasteiger partial charge in [0.15, 0.2) is 0 Å². The van der Waals surface area contributed by atoms with Crippen molar-refractivity contribution in [3.8, 4) is 24.7 Å². The largest absolute Gasteiger partial charge is 0.390 e. The Morgan fingerprint density at radius 1 is 0.979 bits per heavy atom. The molecular formula is C39H60N4O5. The zero-order valence-corrected chi connectivity index (χ0v) is 29.7. The van der Waals surface area contributed by atoms with Crippen molar-refractivity contribution in [2.75, 3.05) is 33.7 Å². The van der Waals surface area contributed by atoms with Crippen LogP contribution in [-0.2, 0) is 20.8 Å². The van der Waals surface area contributed by atoms with Crippen LogP contribution in [0.1, 0.15) is 90.0 Å². The first kappa shape index (κ1) is 40.8. The van der Waals surface area contributed by atoms with Crippen LogP contribution in [0.3, 0.4) is 0 Å². The number of rotatable bonds is 21. The number of benzene rings is 1. The lowest BCUT2D eigenvalue weighted by Crippen LogP contribution is -2.57. The lowest BCUT2D eigenvalue weighted by molar-refractivity contribution is -0.137. The smallest absolute Gasteiger partial charge is 0.244 e. The number of carbonyl (C=O) groups is 3. The van der Waals surface area contributed by atoms with Gasteiger partial charge in [-0.05, 0) is 57.2 Å². The van der Waals surface area contributed by atoms with E-state index in [1.54, 1.807) is 11.9 Å². The maximum Gasteiger partial charge on any atom is 0.244 e. The molecule has 1 saturated carbocycles. The van der Waals surface area contributed by atoms with E-state index in [1.165, 1.54) is 0 Å². The van der Waals surface area contributed by atoms with E-state index in [9.17, 15) is 24.6 Å². The number of terminal acetylenes is 2. The van der Waals surface area contributed by atoms with Gasteiger partial charge in [0.05, 0.1) is 24.2 Å². The van der Waals surface area contributed by atoms with E-state index in [0.717, 1.165) is 44.2 Å². The van der Waals surface area contributed by atoms with Crippen molar-refractivity contribution < 1.29 is 24.6 Å². The summed E-state index contributed by atoms with van der Waals surface area (Å²) in [5.74, 6) is 3.07. The van der Waals surface area contributed by atoms with Crippen molar-refractivity contribution in [2.45, 2.75) is 115 Å². The van der Waals surface area contributed by atoms with E-state index in [4.69, 9.17) is 12.8 Å². The molecule has 266 valence electrons. The summed E-state index contributed by atoms with van der Waals surface area (Å²) in [6.45, 7) is 6.01. The molecule has 0 bridgehead atoms. The van der Waals surface area contributed by atoms with E-state index in [-0.39, 0.29) is 12.3 Å². The minimum absolute atomic E-state index is 0.0267. The molecule has 1 aromatic carbocycles. The summed E-state index contributed by atoms with van der Waals surface area (Å²) >= 11 is 0. The zero-order valence-electron chi connectivity index (χ0n) is 29.7. The van der Waals surface area contributed by atoms with Crippen molar-refractivity contribution in [1.29, 1.82) is 0 Å². The number of aliphatic hydroxyl groups is 2. The van der Waals surface area contributed by atoms with Gasteiger partial charge in [-0.15, -0.1) is 24.7 Å². The summed E-state index contributed by atoms with van der Waals surface area (Å²) in [6.07, 6.45) is 16.9. The van der Waals surface area contributed by atoms with Gasteiger partial charge in [0.2, 0.25) is 17.7 Å². The molecule has 1 aliphatic rings. The predicted molar refractivity (Wildman–Crippen MR) is 191 cm³/mol. The highest BCUT2D eigenvalue weighted by Gasteiger charge is 2.36. The molecule has 1 unspecified atom stereocenters. The third kappa shape index (κ3) is 14.0. The average molecular weight is 665 g/mol. The van der Waals surface area contributed by atoms with Gasteiger partial charge in [-0.1, -0.05) is 76.3 Å². The van der Waals surface area contributed by atoms with Crippen LogP contribution in [0.5, 0.6) is 0 Å². The Balaban J connectivity index is 2.30. The number of aliphatic hydroxyl groups excluding tert-OH is 2. The quantitative estimate of drug-likeness (QED) is 0.117. The number of nitrogens with zero attached hydrogens (tertiary/aromatic N) is 2. The maximum absolute atomic E-state index is 14.0. The van der Waals surface area contributed by atoms with Gasteiger partial charge >= 0.3 is 0 Å². The van der Waals surface area contributed by atoms with Gasteiger partial charge in [0, 0.05) is 38.9 Å². The molecule has 9 nitrogen and oxygen atoms in total. The zero-order chi connectivity index (χ0) is 35.5. The van der Waals surface area contributed by atoms with Gasteiger partial charge in [-0.3, -0.25) is 14.4 Å². The van der Waals surface area contributed by atoms with E-state index >= 15 is 0 Å². The first-order valence-electron chi connectivity index (χ1n) is 17.9. The lowest BCUT2D eigenvalue weighted by atomic mass is 9.82. The third-order valence-electron chi connectivity index (χ3n) is 9.80. The molecule has 3 amide bonds. The molecule has 6 atom stereocenters. The second kappa shape index (κ2) is 22.3. The summed E-state index contributed by atoms with van der Waals surface area (Å²) in [6, 6.07) is 7.68. The molecule has 1 aliphatic carbocycles. The molecule has 0 radical (unpaired) electrons. The van der Waals surface area contributed by atoms with E-state index in [0.29, 0.717) is 57.5 Å². The van der Waals surface area contributed by atoms with Crippen LogP contribution in [0.2, 0.25) is 0 Å². The number of carbonyl (C=O) groups excluding carboxylic acids is 3. The van der Waals surface area contributed by atoms with Crippen LogP contribution >= 0.6 is 0 Å². The number of nitrogens with one attached hydrogen (secondary N) is 2. The highest BCUT2D eigenvalue weighted by Crippen LogP contribution is 2.29. The Labute approximate surface area is 289 Å². The first-order chi connectivity index (χ1) is 23.0. The fraction of sp³-hybridized carbons (Fsp3) is 0.667. The van der Waals surface area contributed by atoms with Crippen LogP contribution in [-0.4, -0.2) is 95.8 Å². The minimum Gasteiger partial charge on any atom is -0.390 e. The number of amides is 3. The minimum atomic E-state index is -1.21. The Morgan fingerprint density at radius 2 is 1.67 bits per heavy atom. The molecule has 0 heterocycles. The van der Waals surface area contributed by atoms with Crippen LogP contribution in [0, 0.1) is 42.4 Å². The molecule has 0 spiro atoms. The summed E-state index contributed by atoms with van der Waals surface area (Å²) in [5, 5.41) is 28.1. The van der Waals surface area contributed by atoms with Crippen molar-refractivity contribution >= 4 is 17.7 Å². The number of hydrogen-bond acceptors (Lipinski definition) is 6. The summed E-state index contributed by atoms with van der Waals surface area (Å²) in [4.78, 5) is 45.2. The van der Waals surface area contributed by atoms with Crippen LogP contribution in [0.25, 0.3) is 0 Å². The second-order valence-electron chi connectivity index (χ2n) is 13.5. The van der Waals surface area contributed by atoms with Crippen LogP contribution in [0.4, 0.5) is 0 Å². The molecule has 1 fully saturated rings. The topological polar surface area (TPSA) is 122 Å². The molecule has 9 heteroatoms. The lowest BCUT2D eigenvalue weighted by Gasteiger charge is -2.34. The SMILES string of the molecule is C#CCCC[C@H](O)[C@H](O)[C@H](CC1CCCCC1)NC(=O)[C@@H](NC(=O)[C@@H](CC(=O)N(C)CCN(C)CC)Cc1ccccc1)C(C#C)CC. The normalized spacial score (nSPS) is 17.2. The van der Waals surface area contributed by atoms with Gasteiger partial charge in [-0.2, -0.15) is 0 Å². The molecule has 1 aromatic rings. The number of likely N-dealkylation sites (N-methyl/N-ethyl adjacent to an activating group) is 2. The predicted octanol–water partition coefficient (Wildman–Crippen LogP) is 3.77. The third-order valence-corrected chi connectivity index (χ3v) is 9.80. The molecule has 0 aliphatic heterocycles. The van der Waals surface area contributed by atoms with E-state index < -0.39 is 47.9 Å². The van der Waals surface area contributed by atoms with Crippen molar-refractivity contribution in [3.05, 3.63) is 35.9 Å². The second-order valence-corrected chi connectivity index (χ2v) is 13.5. The Hall–Kier alpha value is -3.37. The number of unbranched alkanes of at least 4 members (excludes halogenated alkanes) is 1. The van der Waals surface area contributed by atoms with Crippen molar-refractivity contribution in [2.24, 2.45) is 17.8 Å². The highest BCUT2D eigenvalue weighted by atomic mass is 16.3. The van der Waals surface area contributed by atoms with Crippen LogP contribution in [0.15, 0.2) is 30.3 Å². The standard InChI is InChI=1S/C39H60N4O5/c1-7-11-14-23-34(44)37(46)33(27-30-21-17-13-18-22-30)40-39(48)36(31(8-2)9-3)41-38(47)32(26-29-19-15-12-16-20-29)28-35(45)43(6)25-24-42(5)10-4/h1-2,12,15-16,19-20,30-34,36-37,44,46H,9-11,13-14,17-18,21-28H2,3-6H3,(H,40,48)(H,41,47)/t31?,32-,33+,34+,36+,37-/m1/s1. The van der Waals surface area contributed by atoms with Crippen LogP contribution < -0.4 is 10.6 Å². The molecule has 0 saturated heterocycles. The molecule has 2 rings (SSSR count). The Kier molecular flexibility index (Phi) is 19.0. The fourth-order valence-corrected chi connectivity index (χ4v) is 6.39. The van der Waals surface area contributed by atoms with E-state index in [1.807, 2.05) is 44.3 Å². The van der Waals surface area contributed by atoms with Gasteiger partial charge in [0.1, 0.15) is 6.04 Å². The molecule has 0 aromatic heterocycles. The maximum atomic E-state index is 14.0. The first-order valence-corrected chi connectivity index (χ1v) is 17.9. The summed E-state index contributed by atoms with van der Waals surface area (Å²) in [7, 11) is 3.73. The highest BCUT2D eigenvalue weighted by molar-refractivity contribution is 5.91. The van der Waals surface area contributed by atoms with Gasteiger partial charge < -0.3 is 30.6 Å². The number of hydrogen-bond donors (Lipinski definition) is 4. The molecule has 48 heavy (non-hydrogen) atoms. The van der Waals surface area contributed by atoms with Gasteiger partial charge in [-0.25, -0.2) is 0 Å². The van der Waals surface area contributed by atoms with E-state index in [2.05, 4.69) is 34.3 Å². The molecule has 4 N–H and O–H groups in total. The Bertz CT molecular complexity index is 1190. The monoisotopic (exact) mass is 664 g/mol. The molecular weight excluding hydrogens is 604 g/mol. The van der Waals surface area contributed by atoms with Crippen molar-refractivity contribution in [1.82, 2.24) is 20.4 Å².